The smallest absolute Gasteiger partial charge is 0.183 e. The summed E-state index contributed by atoms with van der Waals surface area (Å²) >= 11 is 1.32. The van der Waals surface area contributed by atoms with Gasteiger partial charge in [0.05, 0.1) is 12.7 Å². The minimum Gasteiger partial charge on any atom is -0.394 e. The number of aromatic amines is 1. The fourth-order valence-corrected chi connectivity index (χ4v) is 1.19. The molecule has 0 aromatic carbocycles. The van der Waals surface area contributed by atoms with E-state index in [1.54, 1.807) is 0 Å². The predicted molar refractivity (Wildman–Crippen MR) is 40.2 cm³/mol. The molecule has 11 heavy (non-hydrogen) atoms. The number of aliphatic hydroxyl groups excluding tert-OH is 2. The number of hydrogen-bond acceptors (Lipinski definition) is 5. The summed E-state index contributed by atoms with van der Waals surface area (Å²) in [7, 11) is 0. The van der Waals surface area contributed by atoms with Crippen molar-refractivity contribution in [2.45, 2.75) is 11.3 Å². The van der Waals surface area contributed by atoms with E-state index in [0.29, 0.717) is 10.9 Å². The molecule has 3 N–H and O–H groups in total. The van der Waals surface area contributed by atoms with Crippen molar-refractivity contribution in [1.82, 2.24) is 15.2 Å². The summed E-state index contributed by atoms with van der Waals surface area (Å²) in [5.74, 6) is 0.422. The monoisotopic (exact) mass is 175 g/mol. The number of nitrogens with zero attached hydrogens (tertiary/aromatic N) is 2. The Labute approximate surface area is 67.9 Å². The number of rotatable bonds is 4. The molecule has 0 radical (unpaired) electrons. The van der Waals surface area contributed by atoms with Crippen LogP contribution in [0.25, 0.3) is 0 Å². The van der Waals surface area contributed by atoms with Crippen LogP contribution in [0.2, 0.25) is 0 Å². The number of aromatic nitrogens is 3. The van der Waals surface area contributed by atoms with Gasteiger partial charge in [-0.05, 0) is 0 Å². The van der Waals surface area contributed by atoms with E-state index >= 15 is 0 Å². The molecule has 0 aliphatic carbocycles. The van der Waals surface area contributed by atoms with E-state index in [1.807, 2.05) is 0 Å². The van der Waals surface area contributed by atoms with Crippen LogP contribution in [0.3, 0.4) is 0 Å². The van der Waals surface area contributed by atoms with Crippen molar-refractivity contribution in [3.05, 3.63) is 6.33 Å². The lowest BCUT2D eigenvalue weighted by atomic mass is 10.4. The summed E-state index contributed by atoms with van der Waals surface area (Å²) in [6.45, 7) is -0.221. The predicted octanol–water partition coefficient (Wildman–Crippen LogP) is -0.750. The maximum absolute atomic E-state index is 8.92. The van der Waals surface area contributed by atoms with Gasteiger partial charge in [-0.2, -0.15) is 5.10 Å². The van der Waals surface area contributed by atoms with Crippen LogP contribution in [-0.2, 0) is 0 Å². The minimum absolute atomic E-state index is 0.221. The third-order valence-electron chi connectivity index (χ3n) is 1.02. The molecule has 0 amide bonds. The van der Waals surface area contributed by atoms with E-state index in [-0.39, 0.29) is 6.61 Å². The second-order valence-electron chi connectivity index (χ2n) is 1.94. The SMILES string of the molecule is OCC(O)CSc1ncn[nH]1. The summed E-state index contributed by atoms with van der Waals surface area (Å²) in [5.41, 5.74) is 0. The van der Waals surface area contributed by atoms with Crippen molar-refractivity contribution in [1.29, 1.82) is 0 Å². The molecular weight excluding hydrogens is 166 g/mol. The van der Waals surface area contributed by atoms with Crippen LogP contribution in [0, 0.1) is 0 Å². The Morgan fingerprint density at radius 2 is 2.55 bits per heavy atom. The third kappa shape index (κ3) is 2.87. The molecule has 0 bridgehead atoms. The Morgan fingerprint density at radius 1 is 1.73 bits per heavy atom. The second-order valence-corrected chi connectivity index (χ2v) is 2.95. The molecule has 1 unspecified atom stereocenters. The maximum Gasteiger partial charge on any atom is 0.183 e. The normalized spacial score (nSPS) is 13.3. The highest BCUT2D eigenvalue weighted by molar-refractivity contribution is 7.99. The van der Waals surface area contributed by atoms with Crippen LogP contribution in [0.5, 0.6) is 0 Å². The van der Waals surface area contributed by atoms with Crippen molar-refractivity contribution < 1.29 is 10.2 Å². The topological polar surface area (TPSA) is 82.0 Å². The van der Waals surface area contributed by atoms with Crippen LogP contribution in [-0.4, -0.2) is 43.9 Å². The van der Waals surface area contributed by atoms with Crippen LogP contribution in [0.15, 0.2) is 11.5 Å². The van der Waals surface area contributed by atoms with Gasteiger partial charge in [0, 0.05) is 5.75 Å². The molecule has 6 heteroatoms. The van der Waals surface area contributed by atoms with Gasteiger partial charge in [-0.25, -0.2) is 4.98 Å². The highest BCUT2D eigenvalue weighted by atomic mass is 32.2. The van der Waals surface area contributed by atoms with Crippen LogP contribution in [0.1, 0.15) is 0 Å². The summed E-state index contributed by atoms with van der Waals surface area (Å²) in [6, 6.07) is 0. The molecule has 1 heterocycles. The standard InChI is InChI=1S/C5H9N3O2S/c9-1-4(10)2-11-5-6-3-7-8-5/h3-4,9-10H,1-2H2,(H,6,7,8). The molecule has 1 atom stereocenters. The summed E-state index contributed by atoms with van der Waals surface area (Å²) in [6.07, 6.45) is 0.707. The Morgan fingerprint density at radius 3 is 3.09 bits per heavy atom. The Bertz CT molecular complexity index is 192. The molecule has 1 rings (SSSR count). The first-order chi connectivity index (χ1) is 5.33. The van der Waals surface area contributed by atoms with Crippen LogP contribution < -0.4 is 0 Å². The van der Waals surface area contributed by atoms with Crippen molar-refractivity contribution in [3.8, 4) is 0 Å². The Hall–Kier alpha value is -0.590. The lowest BCUT2D eigenvalue weighted by Gasteiger charge is -2.02. The Balaban J connectivity index is 2.23. The molecule has 0 saturated carbocycles. The van der Waals surface area contributed by atoms with Gasteiger partial charge in [0.25, 0.3) is 0 Å². The van der Waals surface area contributed by atoms with E-state index in [4.69, 9.17) is 10.2 Å². The molecule has 1 aromatic rings. The van der Waals surface area contributed by atoms with Crippen LogP contribution in [0.4, 0.5) is 0 Å². The van der Waals surface area contributed by atoms with Gasteiger partial charge in [-0.1, -0.05) is 11.8 Å². The number of thioether (sulfide) groups is 1. The Kier molecular flexibility index (Phi) is 3.34. The molecule has 0 spiro atoms. The zero-order valence-electron chi connectivity index (χ0n) is 5.77. The zero-order valence-corrected chi connectivity index (χ0v) is 6.58. The zero-order chi connectivity index (χ0) is 8.10. The lowest BCUT2D eigenvalue weighted by molar-refractivity contribution is 0.113. The first kappa shape index (κ1) is 8.51. The van der Waals surface area contributed by atoms with Crippen molar-refractivity contribution in [2.75, 3.05) is 12.4 Å². The summed E-state index contributed by atoms with van der Waals surface area (Å²) in [5, 5.41) is 24.3. The summed E-state index contributed by atoms with van der Waals surface area (Å²) < 4.78 is 0. The van der Waals surface area contributed by atoms with E-state index in [0.717, 1.165) is 0 Å². The summed E-state index contributed by atoms with van der Waals surface area (Å²) in [4.78, 5) is 3.83. The number of aliphatic hydroxyl groups is 2. The first-order valence-corrected chi connectivity index (χ1v) is 4.08. The second kappa shape index (κ2) is 4.32. The highest BCUT2D eigenvalue weighted by Crippen LogP contribution is 2.11. The van der Waals surface area contributed by atoms with Gasteiger partial charge in [-0.15, -0.1) is 0 Å². The van der Waals surface area contributed by atoms with Gasteiger partial charge >= 0.3 is 0 Å². The first-order valence-electron chi connectivity index (χ1n) is 3.10. The molecular formula is C5H9N3O2S. The van der Waals surface area contributed by atoms with E-state index in [2.05, 4.69) is 15.2 Å². The molecule has 0 aliphatic rings. The largest absolute Gasteiger partial charge is 0.394 e. The fourth-order valence-electron chi connectivity index (χ4n) is 0.492. The van der Waals surface area contributed by atoms with E-state index < -0.39 is 6.10 Å². The maximum atomic E-state index is 8.92. The lowest BCUT2D eigenvalue weighted by Crippen LogP contribution is -2.14. The molecule has 1 aromatic heterocycles. The molecule has 0 fully saturated rings. The van der Waals surface area contributed by atoms with Crippen LogP contribution >= 0.6 is 11.8 Å². The highest BCUT2D eigenvalue weighted by Gasteiger charge is 2.03. The average molecular weight is 175 g/mol. The quantitative estimate of drug-likeness (QED) is 0.524. The van der Waals surface area contributed by atoms with Crippen molar-refractivity contribution in [2.24, 2.45) is 0 Å². The van der Waals surface area contributed by atoms with Gasteiger partial charge in [0.1, 0.15) is 6.33 Å². The molecule has 62 valence electrons. The van der Waals surface area contributed by atoms with Gasteiger partial charge < -0.3 is 10.2 Å². The number of nitrogens with one attached hydrogen (secondary N) is 1. The number of H-pyrrole nitrogens is 1. The van der Waals surface area contributed by atoms with E-state index in [1.165, 1.54) is 18.1 Å². The van der Waals surface area contributed by atoms with Gasteiger partial charge in [0.2, 0.25) is 0 Å². The number of hydrogen-bond donors (Lipinski definition) is 3. The molecule has 0 aliphatic heterocycles. The average Bonchev–Trinajstić information content (AvgIpc) is 2.52. The van der Waals surface area contributed by atoms with Crippen molar-refractivity contribution >= 4 is 11.8 Å². The minimum atomic E-state index is -0.690. The van der Waals surface area contributed by atoms with Crippen molar-refractivity contribution in [3.63, 3.8) is 0 Å². The fraction of sp³-hybridized carbons (Fsp3) is 0.600. The molecule has 0 saturated heterocycles. The van der Waals surface area contributed by atoms with E-state index in [9.17, 15) is 0 Å². The van der Waals surface area contributed by atoms with Gasteiger partial charge in [0.15, 0.2) is 5.16 Å². The van der Waals surface area contributed by atoms with Gasteiger partial charge in [-0.3, -0.25) is 5.10 Å². The third-order valence-corrected chi connectivity index (χ3v) is 2.04. The molecule has 5 nitrogen and oxygen atoms in total.